The summed E-state index contributed by atoms with van der Waals surface area (Å²) in [5, 5.41) is 2.79. The SMILES string of the molecule is COCC(N)C(=O)Nc1cccc(N(C)C(C)C)c1. The standard InChI is InChI=1S/C14H23N3O2/c1-10(2)17(3)12-7-5-6-11(8-12)16-14(18)13(15)9-19-4/h5-8,10,13H,9,15H2,1-4H3,(H,16,18). The summed E-state index contributed by atoms with van der Waals surface area (Å²) in [5.74, 6) is -0.244. The summed E-state index contributed by atoms with van der Waals surface area (Å²) in [4.78, 5) is 13.9. The number of carbonyl (C=O) groups is 1. The molecule has 0 aromatic heterocycles. The number of methoxy groups -OCH3 is 1. The van der Waals surface area contributed by atoms with Gasteiger partial charge in [-0.1, -0.05) is 6.07 Å². The highest BCUT2D eigenvalue weighted by atomic mass is 16.5. The van der Waals surface area contributed by atoms with Crippen LogP contribution in [0, 0.1) is 0 Å². The molecule has 0 spiro atoms. The first-order valence-corrected chi connectivity index (χ1v) is 6.34. The molecule has 0 aliphatic heterocycles. The molecule has 1 amide bonds. The smallest absolute Gasteiger partial charge is 0.243 e. The summed E-state index contributed by atoms with van der Waals surface area (Å²) >= 11 is 0. The monoisotopic (exact) mass is 265 g/mol. The van der Waals surface area contributed by atoms with Gasteiger partial charge in [0.1, 0.15) is 6.04 Å². The van der Waals surface area contributed by atoms with Crippen molar-refractivity contribution in [3.05, 3.63) is 24.3 Å². The normalized spacial score (nSPS) is 12.3. The number of amides is 1. The molecule has 5 nitrogen and oxygen atoms in total. The quantitative estimate of drug-likeness (QED) is 0.817. The number of hydrogen-bond acceptors (Lipinski definition) is 4. The Labute approximate surface area is 114 Å². The van der Waals surface area contributed by atoms with Crippen LogP contribution < -0.4 is 16.0 Å². The molecule has 1 aromatic rings. The number of nitrogens with one attached hydrogen (secondary N) is 1. The summed E-state index contributed by atoms with van der Waals surface area (Å²) in [6.45, 7) is 4.43. The second kappa shape index (κ2) is 7.11. The van der Waals surface area contributed by atoms with E-state index in [4.69, 9.17) is 10.5 Å². The van der Waals surface area contributed by atoms with Gasteiger partial charge in [0.25, 0.3) is 0 Å². The first-order chi connectivity index (χ1) is 8.95. The lowest BCUT2D eigenvalue weighted by Crippen LogP contribution is -2.39. The van der Waals surface area contributed by atoms with Crippen molar-refractivity contribution in [1.82, 2.24) is 0 Å². The number of benzene rings is 1. The van der Waals surface area contributed by atoms with E-state index in [0.29, 0.717) is 6.04 Å². The zero-order chi connectivity index (χ0) is 14.4. The summed E-state index contributed by atoms with van der Waals surface area (Å²) in [6.07, 6.45) is 0. The third kappa shape index (κ3) is 4.54. The van der Waals surface area contributed by atoms with Crippen LogP contribution in [0.25, 0.3) is 0 Å². The van der Waals surface area contributed by atoms with E-state index in [-0.39, 0.29) is 12.5 Å². The van der Waals surface area contributed by atoms with Gasteiger partial charge in [-0.15, -0.1) is 0 Å². The predicted octanol–water partition coefficient (Wildman–Crippen LogP) is 1.44. The van der Waals surface area contributed by atoms with E-state index in [9.17, 15) is 4.79 Å². The van der Waals surface area contributed by atoms with Gasteiger partial charge in [-0.3, -0.25) is 4.79 Å². The van der Waals surface area contributed by atoms with Gasteiger partial charge in [-0.2, -0.15) is 0 Å². The lowest BCUT2D eigenvalue weighted by Gasteiger charge is -2.24. The molecule has 0 bridgehead atoms. The van der Waals surface area contributed by atoms with Crippen LogP contribution in [0.5, 0.6) is 0 Å². The second-order valence-electron chi connectivity index (χ2n) is 4.81. The van der Waals surface area contributed by atoms with Crippen molar-refractivity contribution in [1.29, 1.82) is 0 Å². The minimum atomic E-state index is -0.656. The summed E-state index contributed by atoms with van der Waals surface area (Å²) in [5.41, 5.74) is 7.46. The molecule has 1 atom stereocenters. The molecule has 0 saturated heterocycles. The number of anilines is 2. The molecular formula is C14H23N3O2. The van der Waals surface area contributed by atoms with Crippen LogP contribution in [0.1, 0.15) is 13.8 Å². The Hall–Kier alpha value is -1.59. The molecule has 0 aliphatic carbocycles. The maximum Gasteiger partial charge on any atom is 0.243 e. The van der Waals surface area contributed by atoms with E-state index >= 15 is 0 Å². The molecule has 0 radical (unpaired) electrons. The maximum absolute atomic E-state index is 11.8. The van der Waals surface area contributed by atoms with Crippen LogP contribution in [0.3, 0.4) is 0 Å². The fourth-order valence-corrected chi connectivity index (χ4v) is 1.59. The Bertz CT molecular complexity index is 421. The highest BCUT2D eigenvalue weighted by Crippen LogP contribution is 2.20. The van der Waals surface area contributed by atoms with E-state index in [1.165, 1.54) is 7.11 Å². The van der Waals surface area contributed by atoms with Crippen LogP contribution in [0.2, 0.25) is 0 Å². The minimum Gasteiger partial charge on any atom is -0.383 e. The highest BCUT2D eigenvalue weighted by Gasteiger charge is 2.13. The zero-order valence-corrected chi connectivity index (χ0v) is 12.0. The van der Waals surface area contributed by atoms with Crippen LogP contribution in [0.15, 0.2) is 24.3 Å². The molecule has 19 heavy (non-hydrogen) atoms. The van der Waals surface area contributed by atoms with E-state index < -0.39 is 6.04 Å². The molecule has 1 unspecified atom stereocenters. The van der Waals surface area contributed by atoms with Crippen molar-refractivity contribution >= 4 is 17.3 Å². The van der Waals surface area contributed by atoms with E-state index in [0.717, 1.165) is 11.4 Å². The molecule has 5 heteroatoms. The van der Waals surface area contributed by atoms with Crippen molar-refractivity contribution < 1.29 is 9.53 Å². The Morgan fingerprint density at radius 1 is 1.47 bits per heavy atom. The highest BCUT2D eigenvalue weighted by molar-refractivity contribution is 5.95. The molecule has 0 saturated carbocycles. The number of ether oxygens (including phenoxy) is 1. The Kier molecular flexibility index (Phi) is 5.79. The van der Waals surface area contributed by atoms with Crippen molar-refractivity contribution in [3.8, 4) is 0 Å². The summed E-state index contributed by atoms with van der Waals surface area (Å²) in [6, 6.07) is 7.42. The largest absolute Gasteiger partial charge is 0.383 e. The average molecular weight is 265 g/mol. The van der Waals surface area contributed by atoms with Gasteiger partial charge in [-0.25, -0.2) is 0 Å². The number of carbonyl (C=O) groups excluding carboxylic acids is 1. The van der Waals surface area contributed by atoms with Crippen LogP contribution in [-0.4, -0.2) is 38.8 Å². The molecule has 106 valence electrons. The first-order valence-electron chi connectivity index (χ1n) is 6.34. The van der Waals surface area contributed by atoms with Gasteiger partial charge in [0.15, 0.2) is 0 Å². The fraction of sp³-hybridized carbons (Fsp3) is 0.500. The third-order valence-corrected chi connectivity index (χ3v) is 2.98. The zero-order valence-electron chi connectivity index (χ0n) is 12.0. The topological polar surface area (TPSA) is 67.6 Å². The van der Waals surface area contributed by atoms with Crippen LogP contribution in [0.4, 0.5) is 11.4 Å². The average Bonchev–Trinajstić information content (AvgIpc) is 2.38. The van der Waals surface area contributed by atoms with Gasteiger partial charge in [0.05, 0.1) is 6.61 Å². The van der Waals surface area contributed by atoms with Crippen LogP contribution in [-0.2, 0) is 9.53 Å². The van der Waals surface area contributed by atoms with Crippen molar-refractivity contribution in [2.45, 2.75) is 25.9 Å². The second-order valence-corrected chi connectivity index (χ2v) is 4.81. The lowest BCUT2D eigenvalue weighted by molar-refractivity contribution is -0.118. The molecule has 0 heterocycles. The van der Waals surface area contributed by atoms with E-state index in [2.05, 4.69) is 24.1 Å². The molecule has 0 aliphatic rings. The van der Waals surface area contributed by atoms with E-state index in [1.807, 2.05) is 31.3 Å². The van der Waals surface area contributed by atoms with E-state index in [1.54, 1.807) is 0 Å². The predicted molar refractivity (Wildman–Crippen MR) is 78.5 cm³/mol. The summed E-state index contributed by atoms with van der Waals surface area (Å²) in [7, 11) is 3.54. The van der Waals surface area contributed by atoms with Gasteiger partial charge < -0.3 is 20.7 Å². The number of hydrogen-bond donors (Lipinski definition) is 2. The van der Waals surface area contributed by atoms with Crippen molar-refractivity contribution in [2.24, 2.45) is 5.73 Å². The van der Waals surface area contributed by atoms with Gasteiger partial charge in [0.2, 0.25) is 5.91 Å². The van der Waals surface area contributed by atoms with Gasteiger partial charge >= 0.3 is 0 Å². The molecule has 1 aromatic carbocycles. The maximum atomic E-state index is 11.8. The Balaban J connectivity index is 2.74. The van der Waals surface area contributed by atoms with Gasteiger partial charge in [0, 0.05) is 31.6 Å². The fourth-order valence-electron chi connectivity index (χ4n) is 1.59. The molecular weight excluding hydrogens is 242 g/mol. The third-order valence-electron chi connectivity index (χ3n) is 2.98. The van der Waals surface area contributed by atoms with Crippen molar-refractivity contribution in [2.75, 3.05) is 31.0 Å². The van der Waals surface area contributed by atoms with Gasteiger partial charge in [-0.05, 0) is 32.0 Å². The molecule has 1 rings (SSSR count). The summed E-state index contributed by atoms with van der Waals surface area (Å²) < 4.78 is 4.86. The molecule has 0 fully saturated rings. The Morgan fingerprint density at radius 3 is 2.74 bits per heavy atom. The number of nitrogens with zero attached hydrogens (tertiary/aromatic N) is 1. The molecule has 3 N–H and O–H groups in total. The van der Waals surface area contributed by atoms with Crippen molar-refractivity contribution in [3.63, 3.8) is 0 Å². The number of rotatable bonds is 6. The van der Waals surface area contributed by atoms with Crippen LogP contribution >= 0.6 is 0 Å². The minimum absolute atomic E-state index is 0.206. The Morgan fingerprint density at radius 2 is 2.16 bits per heavy atom. The first kappa shape index (κ1) is 15.5. The lowest BCUT2D eigenvalue weighted by atomic mass is 10.2. The number of nitrogens with two attached hydrogens (primary N) is 1.